The van der Waals surface area contributed by atoms with Crippen LogP contribution < -0.4 is 5.32 Å². The van der Waals surface area contributed by atoms with E-state index in [2.05, 4.69) is 10.3 Å². The van der Waals surface area contributed by atoms with Gasteiger partial charge in [-0.2, -0.15) is 18.4 Å². The first-order valence-electron chi connectivity index (χ1n) is 5.72. The highest BCUT2D eigenvalue weighted by molar-refractivity contribution is 5.68. The monoisotopic (exact) mass is 277 g/mol. The fraction of sp³-hybridized carbons (Fsp3) is 0.143. The zero-order chi connectivity index (χ0) is 14.8. The molecule has 1 aromatic heterocycles. The molecule has 0 saturated carbocycles. The molecule has 0 aliphatic carbocycles. The maximum absolute atomic E-state index is 12.6. The molecule has 6 heteroatoms. The van der Waals surface area contributed by atoms with Crippen LogP contribution in [0.4, 0.5) is 24.5 Å². The maximum Gasteiger partial charge on any atom is 0.416 e. The van der Waals surface area contributed by atoms with Crippen molar-refractivity contribution in [2.75, 3.05) is 5.32 Å². The molecule has 20 heavy (non-hydrogen) atoms. The number of pyridine rings is 1. The molecular weight excluding hydrogens is 267 g/mol. The molecule has 0 spiro atoms. The Bertz CT molecular complexity index is 672. The van der Waals surface area contributed by atoms with Crippen LogP contribution >= 0.6 is 0 Å². The molecule has 0 aliphatic rings. The Kier molecular flexibility index (Phi) is 3.61. The van der Waals surface area contributed by atoms with Gasteiger partial charge in [-0.15, -0.1) is 0 Å². The van der Waals surface area contributed by atoms with E-state index in [-0.39, 0.29) is 5.56 Å². The first-order chi connectivity index (χ1) is 9.41. The summed E-state index contributed by atoms with van der Waals surface area (Å²) in [5, 5.41) is 11.9. The second-order valence-electron chi connectivity index (χ2n) is 4.13. The Labute approximate surface area is 113 Å². The molecule has 1 N–H and O–H groups in total. The van der Waals surface area contributed by atoms with Crippen LogP contribution in [0.3, 0.4) is 0 Å². The molecule has 0 aliphatic heterocycles. The first kappa shape index (κ1) is 13.9. The lowest BCUT2D eigenvalue weighted by molar-refractivity contribution is -0.137. The van der Waals surface area contributed by atoms with Crippen LogP contribution in [-0.4, -0.2) is 4.98 Å². The molecule has 102 valence electrons. The predicted molar refractivity (Wildman–Crippen MR) is 68.4 cm³/mol. The predicted octanol–water partition coefficient (Wildman–Crippen LogP) is 4.02. The van der Waals surface area contributed by atoms with Gasteiger partial charge in [-0.3, -0.25) is 4.98 Å². The Morgan fingerprint density at radius 2 is 1.95 bits per heavy atom. The lowest BCUT2D eigenvalue weighted by Gasteiger charge is -2.12. The van der Waals surface area contributed by atoms with Crippen molar-refractivity contribution in [1.82, 2.24) is 4.98 Å². The Hall–Kier alpha value is -2.55. The van der Waals surface area contributed by atoms with Crippen LogP contribution in [-0.2, 0) is 6.18 Å². The molecule has 2 aromatic rings. The minimum atomic E-state index is -4.46. The summed E-state index contributed by atoms with van der Waals surface area (Å²) in [5.41, 5.74) is 0.738. The molecular formula is C14H10F3N3. The largest absolute Gasteiger partial charge is 0.416 e. The number of aromatic nitrogens is 1. The third-order valence-electron chi connectivity index (χ3n) is 2.74. The highest BCUT2D eigenvalue weighted by Crippen LogP contribution is 2.32. The Morgan fingerprint density at radius 1 is 1.20 bits per heavy atom. The van der Waals surface area contributed by atoms with Crippen LogP contribution in [0.1, 0.15) is 16.8 Å². The normalized spacial score (nSPS) is 10.9. The van der Waals surface area contributed by atoms with Gasteiger partial charge in [-0.1, -0.05) is 0 Å². The summed E-state index contributed by atoms with van der Waals surface area (Å²) in [5.74, 6) is 0. The van der Waals surface area contributed by atoms with Gasteiger partial charge in [0.1, 0.15) is 6.07 Å². The van der Waals surface area contributed by atoms with E-state index >= 15 is 0 Å². The van der Waals surface area contributed by atoms with Gasteiger partial charge in [0, 0.05) is 6.20 Å². The van der Waals surface area contributed by atoms with E-state index < -0.39 is 11.7 Å². The SMILES string of the molecule is Cc1ncccc1Nc1ccc(C(F)(F)F)cc1C#N. The van der Waals surface area contributed by atoms with E-state index in [1.165, 1.54) is 6.07 Å². The van der Waals surface area contributed by atoms with Crippen molar-refractivity contribution >= 4 is 11.4 Å². The summed E-state index contributed by atoms with van der Waals surface area (Å²) in [6.45, 7) is 1.76. The minimum Gasteiger partial charge on any atom is -0.353 e. The molecule has 3 nitrogen and oxygen atoms in total. The van der Waals surface area contributed by atoms with Gasteiger partial charge in [0.2, 0.25) is 0 Å². The van der Waals surface area contributed by atoms with Crippen molar-refractivity contribution in [3.8, 4) is 6.07 Å². The van der Waals surface area contributed by atoms with Crippen molar-refractivity contribution in [3.63, 3.8) is 0 Å². The van der Waals surface area contributed by atoms with Crippen LogP contribution in [0.25, 0.3) is 0 Å². The van der Waals surface area contributed by atoms with Crippen molar-refractivity contribution in [2.24, 2.45) is 0 Å². The van der Waals surface area contributed by atoms with Gasteiger partial charge in [0.15, 0.2) is 0 Å². The Morgan fingerprint density at radius 3 is 2.55 bits per heavy atom. The minimum absolute atomic E-state index is 0.0666. The average Bonchev–Trinajstić information content (AvgIpc) is 2.40. The molecule has 0 atom stereocenters. The number of rotatable bonds is 2. The number of nitrogens with one attached hydrogen (secondary N) is 1. The number of nitriles is 1. The van der Waals surface area contributed by atoms with Crippen molar-refractivity contribution in [1.29, 1.82) is 5.26 Å². The average molecular weight is 277 g/mol. The fourth-order valence-corrected chi connectivity index (χ4v) is 1.68. The van der Waals surface area contributed by atoms with Gasteiger partial charge in [0.25, 0.3) is 0 Å². The first-order valence-corrected chi connectivity index (χ1v) is 5.72. The van der Waals surface area contributed by atoms with Gasteiger partial charge in [-0.05, 0) is 37.3 Å². The summed E-state index contributed by atoms with van der Waals surface area (Å²) in [6.07, 6.45) is -2.85. The van der Waals surface area contributed by atoms with E-state index in [9.17, 15) is 13.2 Å². The quantitative estimate of drug-likeness (QED) is 0.901. The number of anilines is 2. The molecule has 1 aromatic carbocycles. The lowest BCUT2D eigenvalue weighted by Crippen LogP contribution is -2.06. The van der Waals surface area contributed by atoms with Gasteiger partial charge in [0.05, 0.1) is 28.2 Å². The second-order valence-corrected chi connectivity index (χ2v) is 4.13. The molecule has 2 rings (SSSR count). The van der Waals surface area contributed by atoms with Crippen LogP contribution in [0.2, 0.25) is 0 Å². The van der Waals surface area contributed by atoms with Gasteiger partial charge in [-0.25, -0.2) is 0 Å². The van der Waals surface area contributed by atoms with Gasteiger partial charge >= 0.3 is 6.18 Å². The highest BCUT2D eigenvalue weighted by atomic mass is 19.4. The Balaban J connectivity index is 2.39. The van der Waals surface area contributed by atoms with E-state index in [1.807, 2.05) is 0 Å². The van der Waals surface area contributed by atoms with Crippen molar-refractivity contribution in [3.05, 3.63) is 53.3 Å². The van der Waals surface area contributed by atoms with E-state index in [4.69, 9.17) is 5.26 Å². The smallest absolute Gasteiger partial charge is 0.353 e. The van der Waals surface area contributed by atoms with E-state index in [1.54, 1.807) is 31.3 Å². The third-order valence-corrected chi connectivity index (χ3v) is 2.74. The van der Waals surface area contributed by atoms with Gasteiger partial charge < -0.3 is 5.32 Å². The van der Waals surface area contributed by atoms with Crippen molar-refractivity contribution < 1.29 is 13.2 Å². The molecule has 0 amide bonds. The summed E-state index contributed by atoms with van der Waals surface area (Å²) >= 11 is 0. The summed E-state index contributed by atoms with van der Waals surface area (Å²) in [7, 11) is 0. The highest BCUT2D eigenvalue weighted by Gasteiger charge is 2.31. The van der Waals surface area contributed by atoms with Crippen LogP contribution in [0.15, 0.2) is 36.5 Å². The molecule has 0 fully saturated rings. The van der Waals surface area contributed by atoms with Crippen LogP contribution in [0, 0.1) is 18.3 Å². The summed E-state index contributed by atoms with van der Waals surface area (Å²) < 4.78 is 37.8. The zero-order valence-corrected chi connectivity index (χ0v) is 10.5. The molecule has 0 bridgehead atoms. The number of nitrogens with zero attached hydrogens (tertiary/aromatic N) is 2. The van der Waals surface area contributed by atoms with Crippen molar-refractivity contribution in [2.45, 2.75) is 13.1 Å². The number of aryl methyl sites for hydroxylation is 1. The standard InChI is InChI=1S/C14H10F3N3/c1-9-12(3-2-6-19-9)20-13-5-4-11(14(15,16)17)7-10(13)8-18/h2-7,20H,1H3. The van der Waals surface area contributed by atoms with E-state index in [0.29, 0.717) is 17.1 Å². The molecule has 0 radical (unpaired) electrons. The van der Waals surface area contributed by atoms with Crippen LogP contribution in [0.5, 0.6) is 0 Å². The number of hydrogen-bond acceptors (Lipinski definition) is 3. The van der Waals surface area contributed by atoms with E-state index in [0.717, 1.165) is 12.1 Å². The molecule has 0 saturated heterocycles. The number of benzene rings is 1. The summed E-state index contributed by atoms with van der Waals surface area (Å²) in [6, 6.07) is 8.21. The topological polar surface area (TPSA) is 48.7 Å². The third kappa shape index (κ3) is 2.88. The number of halogens is 3. The molecule has 1 heterocycles. The number of alkyl halides is 3. The zero-order valence-electron chi connectivity index (χ0n) is 10.5. The number of hydrogen-bond donors (Lipinski definition) is 1. The maximum atomic E-state index is 12.6. The molecule has 0 unspecified atom stereocenters. The lowest BCUT2D eigenvalue weighted by atomic mass is 10.1. The summed E-state index contributed by atoms with van der Waals surface area (Å²) in [4.78, 5) is 4.06. The second kappa shape index (κ2) is 5.21. The fourth-order valence-electron chi connectivity index (χ4n) is 1.68.